The molecule has 0 heterocycles. The molecule has 1 N–H and O–H groups in total. The summed E-state index contributed by atoms with van der Waals surface area (Å²) in [7, 11) is 2.13. The minimum absolute atomic E-state index is 0.546. The van der Waals surface area contributed by atoms with Crippen LogP contribution in [0.2, 0.25) is 0 Å². The van der Waals surface area contributed by atoms with E-state index in [2.05, 4.69) is 62.3 Å². The van der Waals surface area contributed by atoms with Gasteiger partial charge in [0.1, 0.15) is 0 Å². The van der Waals surface area contributed by atoms with Crippen LogP contribution >= 0.6 is 0 Å². The summed E-state index contributed by atoms with van der Waals surface area (Å²) in [4.78, 5) is 2.27. The van der Waals surface area contributed by atoms with Crippen molar-refractivity contribution in [1.82, 2.24) is 5.32 Å². The Balaban J connectivity index is 2.63. The van der Waals surface area contributed by atoms with Crippen LogP contribution in [0.3, 0.4) is 0 Å². The third-order valence-corrected chi connectivity index (χ3v) is 2.70. The molecule has 0 radical (unpaired) electrons. The van der Waals surface area contributed by atoms with Crippen LogP contribution in [0.25, 0.3) is 0 Å². The van der Waals surface area contributed by atoms with Gasteiger partial charge in [-0.3, -0.25) is 0 Å². The Hall–Kier alpha value is -1.02. The Morgan fingerprint density at radius 2 is 1.80 bits per heavy atom. The molecule has 0 aliphatic rings. The third kappa shape index (κ3) is 3.56. The Morgan fingerprint density at radius 3 is 2.27 bits per heavy atom. The molecule has 0 aliphatic heterocycles. The van der Waals surface area contributed by atoms with Crippen molar-refractivity contribution in [1.29, 1.82) is 0 Å². The van der Waals surface area contributed by atoms with Crippen molar-refractivity contribution < 1.29 is 0 Å². The van der Waals surface area contributed by atoms with Crippen LogP contribution in [0.1, 0.15) is 26.3 Å². The molecule has 0 amide bonds. The predicted octanol–water partition coefficient (Wildman–Crippen LogP) is 2.64. The van der Waals surface area contributed by atoms with E-state index >= 15 is 0 Å². The summed E-state index contributed by atoms with van der Waals surface area (Å²) in [5, 5.41) is 3.32. The van der Waals surface area contributed by atoms with Crippen molar-refractivity contribution in [2.24, 2.45) is 0 Å². The number of hydrogen-bond donors (Lipinski definition) is 1. The molecule has 0 aliphatic carbocycles. The van der Waals surface area contributed by atoms with Crippen molar-refractivity contribution in [3.05, 3.63) is 29.8 Å². The SMILES string of the molecule is CCNCc1ccc(N(C)C(C)C)cc1. The minimum Gasteiger partial charge on any atom is -0.372 e. The first kappa shape index (κ1) is 12.1. The quantitative estimate of drug-likeness (QED) is 0.796. The van der Waals surface area contributed by atoms with Gasteiger partial charge in [-0.15, -0.1) is 0 Å². The molecule has 1 aromatic carbocycles. The maximum atomic E-state index is 3.32. The lowest BCUT2D eigenvalue weighted by atomic mass is 10.2. The largest absolute Gasteiger partial charge is 0.372 e. The molecular weight excluding hydrogens is 184 g/mol. The van der Waals surface area contributed by atoms with Gasteiger partial charge >= 0.3 is 0 Å². The summed E-state index contributed by atoms with van der Waals surface area (Å²) in [5.74, 6) is 0. The smallest absolute Gasteiger partial charge is 0.0366 e. The fourth-order valence-corrected chi connectivity index (χ4v) is 1.42. The van der Waals surface area contributed by atoms with E-state index in [4.69, 9.17) is 0 Å². The topological polar surface area (TPSA) is 15.3 Å². The second-order valence-electron chi connectivity index (χ2n) is 4.15. The van der Waals surface area contributed by atoms with Gasteiger partial charge in [0.15, 0.2) is 0 Å². The van der Waals surface area contributed by atoms with E-state index in [1.807, 2.05) is 0 Å². The zero-order chi connectivity index (χ0) is 11.3. The highest BCUT2D eigenvalue weighted by molar-refractivity contribution is 5.47. The molecule has 84 valence electrons. The summed E-state index contributed by atoms with van der Waals surface area (Å²) >= 11 is 0. The molecule has 2 nitrogen and oxygen atoms in total. The van der Waals surface area contributed by atoms with Gasteiger partial charge in [0.25, 0.3) is 0 Å². The molecule has 2 heteroatoms. The molecule has 0 spiro atoms. The second-order valence-corrected chi connectivity index (χ2v) is 4.15. The van der Waals surface area contributed by atoms with Gasteiger partial charge in [0.05, 0.1) is 0 Å². The maximum absolute atomic E-state index is 3.32. The fourth-order valence-electron chi connectivity index (χ4n) is 1.42. The minimum atomic E-state index is 0.546. The van der Waals surface area contributed by atoms with Gasteiger partial charge in [-0.2, -0.15) is 0 Å². The highest BCUT2D eigenvalue weighted by Crippen LogP contribution is 2.15. The fraction of sp³-hybridized carbons (Fsp3) is 0.538. The lowest BCUT2D eigenvalue weighted by molar-refractivity contribution is 0.725. The van der Waals surface area contributed by atoms with Crippen LogP contribution in [0, 0.1) is 0 Å². The zero-order valence-corrected chi connectivity index (χ0v) is 10.2. The third-order valence-electron chi connectivity index (χ3n) is 2.70. The van der Waals surface area contributed by atoms with E-state index in [-0.39, 0.29) is 0 Å². The molecule has 0 aromatic heterocycles. The Bertz CT molecular complexity index is 277. The second kappa shape index (κ2) is 5.76. The molecule has 1 rings (SSSR count). The first-order chi connectivity index (χ1) is 7.15. The van der Waals surface area contributed by atoms with E-state index < -0.39 is 0 Å². The maximum Gasteiger partial charge on any atom is 0.0366 e. The lowest BCUT2D eigenvalue weighted by Crippen LogP contribution is -2.25. The van der Waals surface area contributed by atoms with Gasteiger partial charge in [-0.25, -0.2) is 0 Å². The normalized spacial score (nSPS) is 10.7. The van der Waals surface area contributed by atoms with Crippen molar-refractivity contribution >= 4 is 5.69 Å². The predicted molar refractivity (Wildman–Crippen MR) is 67.4 cm³/mol. The average Bonchev–Trinajstić information content (AvgIpc) is 2.26. The molecule has 0 unspecified atom stereocenters. The zero-order valence-electron chi connectivity index (χ0n) is 10.2. The molecular formula is C13H22N2. The first-order valence-corrected chi connectivity index (χ1v) is 5.67. The van der Waals surface area contributed by atoms with E-state index in [0.29, 0.717) is 6.04 Å². The van der Waals surface area contributed by atoms with Crippen molar-refractivity contribution in [2.75, 3.05) is 18.5 Å². The summed E-state index contributed by atoms with van der Waals surface area (Å²) in [5.41, 5.74) is 2.63. The van der Waals surface area contributed by atoms with Crippen LogP contribution in [0.4, 0.5) is 5.69 Å². The van der Waals surface area contributed by atoms with E-state index in [9.17, 15) is 0 Å². The van der Waals surface area contributed by atoms with Crippen LogP contribution in [0.5, 0.6) is 0 Å². The van der Waals surface area contributed by atoms with Gasteiger partial charge in [0.2, 0.25) is 0 Å². The van der Waals surface area contributed by atoms with Gasteiger partial charge in [-0.1, -0.05) is 19.1 Å². The van der Waals surface area contributed by atoms with Crippen LogP contribution in [-0.4, -0.2) is 19.6 Å². The number of rotatable bonds is 5. The molecule has 0 fully saturated rings. The van der Waals surface area contributed by atoms with E-state index in [0.717, 1.165) is 13.1 Å². The van der Waals surface area contributed by atoms with Gasteiger partial charge in [-0.05, 0) is 38.1 Å². The molecule has 0 atom stereocenters. The van der Waals surface area contributed by atoms with Crippen LogP contribution < -0.4 is 10.2 Å². The van der Waals surface area contributed by atoms with Gasteiger partial charge in [0, 0.05) is 25.3 Å². The van der Waals surface area contributed by atoms with Crippen molar-refractivity contribution in [3.63, 3.8) is 0 Å². The Kier molecular flexibility index (Phi) is 4.63. The monoisotopic (exact) mass is 206 g/mol. The van der Waals surface area contributed by atoms with Gasteiger partial charge < -0.3 is 10.2 Å². The molecule has 0 saturated carbocycles. The van der Waals surface area contributed by atoms with E-state index in [1.54, 1.807) is 0 Å². The standard InChI is InChI=1S/C13H22N2/c1-5-14-10-12-6-8-13(9-7-12)15(4)11(2)3/h6-9,11,14H,5,10H2,1-4H3. The summed E-state index contributed by atoms with van der Waals surface area (Å²) in [6, 6.07) is 9.30. The molecule has 0 saturated heterocycles. The summed E-state index contributed by atoms with van der Waals surface area (Å²) < 4.78 is 0. The molecule has 15 heavy (non-hydrogen) atoms. The number of nitrogens with one attached hydrogen (secondary N) is 1. The average molecular weight is 206 g/mol. The van der Waals surface area contributed by atoms with Crippen molar-refractivity contribution in [2.45, 2.75) is 33.4 Å². The molecule has 0 bridgehead atoms. The molecule has 1 aromatic rings. The Morgan fingerprint density at radius 1 is 1.20 bits per heavy atom. The lowest BCUT2D eigenvalue weighted by Gasteiger charge is -2.23. The first-order valence-electron chi connectivity index (χ1n) is 5.67. The number of hydrogen-bond acceptors (Lipinski definition) is 2. The van der Waals surface area contributed by atoms with Crippen LogP contribution in [0.15, 0.2) is 24.3 Å². The Labute approximate surface area is 93.3 Å². The number of anilines is 1. The van der Waals surface area contributed by atoms with Crippen molar-refractivity contribution in [3.8, 4) is 0 Å². The number of nitrogens with zero attached hydrogens (tertiary/aromatic N) is 1. The number of benzene rings is 1. The highest BCUT2D eigenvalue weighted by Gasteiger charge is 2.03. The summed E-state index contributed by atoms with van der Waals surface area (Å²) in [6.07, 6.45) is 0. The summed E-state index contributed by atoms with van der Waals surface area (Å²) in [6.45, 7) is 8.51. The van der Waals surface area contributed by atoms with Crippen LogP contribution in [-0.2, 0) is 6.54 Å². The highest BCUT2D eigenvalue weighted by atomic mass is 15.1. The van der Waals surface area contributed by atoms with E-state index in [1.165, 1.54) is 11.3 Å².